The van der Waals surface area contributed by atoms with Crippen LogP contribution in [0.15, 0.2) is 42.5 Å². The Balaban J connectivity index is 2.28. The van der Waals surface area contributed by atoms with Crippen LogP contribution in [0.25, 0.3) is 10.8 Å². The number of alkyl halides is 1. The molecule has 0 saturated carbocycles. The zero-order chi connectivity index (χ0) is 13.8. The van der Waals surface area contributed by atoms with Crippen LogP contribution in [0.5, 0.6) is 0 Å². The van der Waals surface area contributed by atoms with E-state index < -0.39 is 10.8 Å². The Morgan fingerprint density at radius 1 is 1.16 bits per heavy atom. The number of rotatable bonds is 4. The van der Waals surface area contributed by atoms with Gasteiger partial charge in [-0.1, -0.05) is 52.3 Å². The summed E-state index contributed by atoms with van der Waals surface area (Å²) in [4.78, 5) is 22.7. The van der Waals surface area contributed by atoms with Gasteiger partial charge in [-0.05, 0) is 23.8 Å². The van der Waals surface area contributed by atoms with Crippen LogP contribution in [0.1, 0.15) is 17.3 Å². The predicted molar refractivity (Wildman–Crippen MR) is 77.6 cm³/mol. The molecule has 98 valence electrons. The molecule has 2 rings (SSSR count). The minimum Gasteiger partial charge on any atom is -0.465 e. The van der Waals surface area contributed by atoms with Gasteiger partial charge in [0.25, 0.3) is 0 Å². The molecule has 0 radical (unpaired) electrons. The minimum atomic E-state index is -0.950. The summed E-state index contributed by atoms with van der Waals surface area (Å²) in [5, 5.41) is 2.03. The second kappa shape index (κ2) is 5.97. The number of esters is 1. The summed E-state index contributed by atoms with van der Waals surface area (Å²) in [6.45, 7) is 1.96. The second-order valence-corrected chi connectivity index (χ2v) is 4.96. The SMILES string of the molecule is CCOC(=O)C(Br)C(=O)c1ccc2ccccc2c1. The van der Waals surface area contributed by atoms with E-state index in [1.807, 2.05) is 30.3 Å². The van der Waals surface area contributed by atoms with Gasteiger partial charge in [0.15, 0.2) is 10.6 Å². The van der Waals surface area contributed by atoms with E-state index in [2.05, 4.69) is 15.9 Å². The maximum Gasteiger partial charge on any atom is 0.327 e. The number of carbonyl (C=O) groups excluding carboxylic acids is 2. The third kappa shape index (κ3) is 3.01. The van der Waals surface area contributed by atoms with Gasteiger partial charge in [-0.25, -0.2) is 0 Å². The van der Waals surface area contributed by atoms with Crippen molar-refractivity contribution in [1.29, 1.82) is 0 Å². The van der Waals surface area contributed by atoms with Gasteiger partial charge in [-0.3, -0.25) is 9.59 Å². The Morgan fingerprint density at radius 2 is 1.84 bits per heavy atom. The highest BCUT2D eigenvalue weighted by Gasteiger charge is 2.25. The second-order valence-electron chi connectivity index (χ2n) is 4.04. The van der Waals surface area contributed by atoms with Crippen molar-refractivity contribution in [2.45, 2.75) is 11.8 Å². The van der Waals surface area contributed by atoms with Crippen molar-refractivity contribution >= 4 is 38.5 Å². The summed E-state index contributed by atoms with van der Waals surface area (Å²) >= 11 is 3.09. The molecule has 0 aliphatic heterocycles. The lowest BCUT2D eigenvalue weighted by Crippen LogP contribution is -2.26. The molecule has 2 aromatic rings. The Hall–Kier alpha value is -1.68. The van der Waals surface area contributed by atoms with Gasteiger partial charge in [0.05, 0.1) is 6.61 Å². The molecule has 4 heteroatoms. The largest absolute Gasteiger partial charge is 0.465 e. The van der Waals surface area contributed by atoms with E-state index in [1.54, 1.807) is 19.1 Å². The number of carbonyl (C=O) groups is 2. The van der Waals surface area contributed by atoms with Crippen LogP contribution in [0.4, 0.5) is 0 Å². The first-order valence-corrected chi connectivity index (χ1v) is 6.88. The molecule has 0 aliphatic rings. The predicted octanol–water partition coefficient (Wildman–Crippen LogP) is 3.35. The number of hydrogen-bond donors (Lipinski definition) is 0. The molecular weight excluding hydrogens is 308 g/mol. The van der Waals surface area contributed by atoms with E-state index in [1.165, 1.54) is 0 Å². The topological polar surface area (TPSA) is 43.4 Å². The monoisotopic (exact) mass is 320 g/mol. The summed E-state index contributed by atoms with van der Waals surface area (Å²) in [6, 6.07) is 13.1. The molecule has 0 aromatic heterocycles. The van der Waals surface area contributed by atoms with E-state index in [4.69, 9.17) is 4.74 Å². The molecule has 0 fully saturated rings. The maximum absolute atomic E-state index is 12.2. The lowest BCUT2D eigenvalue weighted by atomic mass is 10.0. The van der Waals surface area contributed by atoms with E-state index in [0.717, 1.165) is 10.8 Å². The first kappa shape index (κ1) is 13.7. The molecule has 0 amide bonds. The van der Waals surface area contributed by atoms with E-state index in [-0.39, 0.29) is 12.4 Å². The van der Waals surface area contributed by atoms with Crippen molar-refractivity contribution in [2.75, 3.05) is 6.61 Å². The first-order chi connectivity index (χ1) is 9.13. The average Bonchev–Trinajstić information content (AvgIpc) is 2.45. The summed E-state index contributed by atoms with van der Waals surface area (Å²) in [5.41, 5.74) is 0.494. The minimum absolute atomic E-state index is 0.256. The quantitative estimate of drug-likeness (QED) is 0.375. The number of ether oxygens (including phenoxy) is 1. The standard InChI is InChI=1S/C15H13BrO3/c1-2-19-15(18)13(16)14(17)12-8-7-10-5-3-4-6-11(10)9-12/h3-9,13H,2H2,1H3. The molecule has 2 aromatic carbocycles. The van der Waals surface area contributed by atoms with Gasteiger partial charge in [0.1, 0.15) is 0 Å². The highest BCUT2D eigenvalue weighted by atomic mass is 79.9. The van der Waals surface area contributed by atoms with Crippen LogP contribution >= 0.6 is 15.9 Å². The average molecular weight is 321 g/mol. The van der Waals surface area contributed by atoms with Crippen LogP contribution in [0.3, 0.4) is 0 Å². The summed E-state index contributed by atoms with van der Waals surface area (Å²) in [6.07, 6.45) is 0. The number of hydrogen-bond acceptors (Lipinski definition) is 3. The number of benzene rings is 2. The fourth-order valence-corrected chi connectivity index (χ4v) is 2.21. The van der Waals surface area contributed by atoms with Gasteiger partial charge in [-0.15, -0.1) is 0 Å². The van der Waals surface area contributed by atoms with Crippen LogP contribution < -0.4 is 0 Å². The van der Waals surface area contributed by atoms with Crippen molar-refractivity contribution in [3.05, 3.63) is 48.0 Å². The molecule has 0 heterocycles. The summed E-state index contributed by atoms with van der Waals surface area (Å²) in [5.74, 6) is -0.843. The molecule has 19 heavy (non-hydrogen) atoms. The van der Waals surface area contributed by atoms with Crippen LogP contribution in [0.2, 0.25) is 0 Å². The van der Waals surface area contributed by atoms with Crippen molar-refractivity contribution in [2.24, 2.45) is 0 Å². The van der Waals surface area contributed by atoms with Crippen molar-refractivity contribution < 1.29 is 14.3 Å². The van der Waals surface area contributed by atoms with Crippen LogP contribution in [-0.4, -0.2) is 23.2 Å². The highest BCUT2D eigenvalue weighted by Crippen LogP contribution is 2.19. The fourth-order valence-electron chi connectivity index (χ4n) is 1.81. The van der Waals surface area contributed by atoms with Crippen LogP contribution in [-0.2, 0) is 9.53 Å². The van der Waals surface area contributed by atoms with Crippen LogP contribution in [0, 0.1) is 0 Å². The number of ketones is 1. The number of Topliss-reactive ketones (excluding diaryl/α,β-unsaturated/α-hetero) is 1. The number of halogens is 1. The first-order valence-electron chi connectivity index (χ1n) is 5.97. The van der Waals surface area contributed by atoms with Gasteiger partial charge in [-0.2, -0.15) is 0 Å². The summed E-state index contributed by atoms with van der Waals surface area (Å²) < 4.78 is 4.83. The molecule has 3 nitrogen and oxygen atoms in total. The van der Waals surface area contributed by atoms with Crippen molar-refractivity contribution in [3.8, 4) is 0 Å². The zero-order valence-corrected chi connectivity index (χ0v) is 12.0. The molecular formula is C15H13BrO3. The highest BCUT2D eigenvalue weighted by molar-refractivity contribution is 9.10. The fraction of sp³-hybridized carbons (Fsp3) is 0.200. The zero-order valence-electron chi connectivity index (χ0n) is 10.4. The van der Waals surface area contributed by atoms with Crippen molar-refractivity contribution in [1.82, 2.24) is 0 Å². The lowest BCUT2D eigenvalue weighted by molar-refractivity contribution is -0.141. The maximum atomic E-state index is 12.2. The van der Waals surface area contributed by atoms with Gasteiger partial charge in [0.2, 0.25) is 0 Å². The Bertz CT molecular complexity index is 622. The third-order valence-corrected chi connectivity index (χ3v) is 3.55. The number of fused-ring (bicyclic) bond motifs is 1. The molecule has 0 N–H and O–H groups in total. The van der Waals surface area contributed by atoms with Gasteiger partial charge in [0, 0.05) is 5.56 Å². The van der Waals surface area contributed by atoms with Gasteiger partial charge < -0.3 is 4.74 Å². The molecule has 0 saturated heterocycles. The normalized spacial score (nSPS) is 12.1. The molecule has 1 unspecified atom stereocenters. The third-order valence-electron chi connectivity index (χ3n) is 2.76. The molecule has 0 spiro atoms. The Labute approximate surface area is 119 Å². The van der Waals surface area contributed by atoms with E-state index in [0.29, 0.717) is 5.56 Å². The smallest absolute Gasteiger partial charge is 0.327 e. The Morgan fingerprint density at radius 3 is 2.53 bits per heavy atom. The lowest BCUT2D eigenvalue weighted by Gasteiger charge is -2.08. The Kier molecular flexibility index (Phi) is 4.32. The van der Waals surface area contributed by atoms with E-state index in [9.17, 15) is 9.59 Å². The molecule has 1 atom stereocenters. The van der Waals surface area contributed by atoms with E-state index >= 15 is 0 Å². The molecule has 0 bridgehead atoms. The van der Waals surface area contributed by atoms with Crippen molar-refractivity contribution in [3.63, 3.8) is 0 Å². The molecule has 0 aliphatic carbocycles. The van der Waals surface area contributed by atoms with Gasteiger partial charge >= 0.3 is 5.97 Å². The summed E-state index contributed by atoms with van der Waals surface area (Å²) in [7, 11) is 0.